The van der Waals surface area contributed by atoms with Crippen LogP contribution in [0, 0.1) is 11.6 Å². The van der Waals surface area contributed by atoms with Crippen LogP contribution in [-0.4, -0.2) is 19.0 Å². The van der Waals surface area contributed by atoms with Crippen molar-refractivity contribution in [1.82, 2.24) is 10.6 Å². The predicted octanol–water partition coefficient (Wildman–Crippen LogP) is 1.92. The topological polar surface area (TPSA) is 41.1 Å². The van der Waals surface area contributed by atoms with Gasteiger partial charge in [0.25, 0.3) is 0 Å². The Balaban J connectivity index is 2.56. The predicted molar refractivity (Wildman–Crippen MR) is 66.0 cm³/mol. The standard InChI is InChI=1S/C13H16F2N2O/c1-3-6-16-8-13(18)17-9(2)11-5-4-10(14)7-12(11)15/h3-5,7,9,16H,1,6,8H2,2H3,(H,17,18). The third-order valence-corrected chi connectivity index (χ3v) is 2.38. The van der Waals surface area contributed by atoms with Crippen molar-refractivity contribution in [2.45, 2.75) is 13.0 Å². The van der Waals surface area contributed by atoms with Gasteiger partial charge in [0, 0.05) is 18.2 Å². The average Bonchev–Trinajstić information content (AvgIpc) is 2.28. The maximum atomic E-state index is 13.4. The molecule has 0 saturated carbocycles. The largest absolute Gasteiger partial charge is 0.348 e. The van der Waals surface area contributed by atoms with E-state index in [0.717, 1.165) is 12.1 Å². The van der Waals surface area contributed by atoms with Crippen LogP contribution in [0.3, 0.4) is 0 Å². The van der Waals surface area contributed by atoms with Crippen LogP contribution in [-0.2, 0) is 4.79 Å². The Morgan fingerprint density at radius 3 is 2.83 bits per heavy atom. The summed E-state index contributed by atoms with van der Waals surface area (Å²) in [7, 11) is 0. The lowest BCUT2D eigenvalue weighted by atomic mass is 10.1. The summed E-state index contributed by atoms with van der Waals surface area (Å²) in [5.74, 6) is -1.56. The molecule has 0 bridgehead atoms. The van der Waals surface area contributed by atoms with Gasteiger partial charge in [-0.15, -0.1) is 6.58 Å². The van der Waals surface area contributed by atoms with E-state index in [-0.39, 0.29) is 18.0 Å². The van der Waals surface area contributed by atoms with Crippen LogP contribution in [0.4, 0.5) is 8.78 Å². The summed E-state index contributed by atoms with van der Waals surface area (Å²) in [6.45, 7) is 5.79. The molecular weight excluding hydrogens is 238 g/mol. The molecule has 0 spiro atoms. The molecule has 1 amide bonds. The zero-order chi connectivity index (χ0) is 13.5. The van der Waals surface area contributed by atoms with Crippen molar-refractivity contribution in [3.05, 3.63) is 48.1 Å². The van der Waals surface area contributed by atoms with Gasteiger partial charge in [0.05, 0.1) is 12.6 Å². The van der Waals surface area contributed by atoms with Crippen molar-refractivity contribution in [1.29, 1.82) is 0 Å². The van der Waals surface area contributed by atoms with E-state index in [1.54, 1.807) is 13.0 Å². The van der Waals surface area contributed by atoms with E-state index < -0.39 is 17.7 Å². The number of benzene rings is 1. The second-order valence-corrected chi connectivity index (χ2v) is 3.87. The molecule has 18 heavy (non-hydrogen) atoms. The number of nitrogens with one attached hydrogen (secondary N) is 2. The van der Waals surface area contributed by atoms with Crippen molar-refractivity contribution >= 4 is 5.91 Å². The Morgan fingerprint density at radius 2 is 2.22 bits per heavy atom. The lowest BCUT2D eigenvalue weighted by Gasteiger charge is -2.15. The molecule has 1 unspecified atom stereocenters. The Bertz CT molecular complexity index is 435. The fourth-order valence-corrected chi connectivity index (χ4v) is 1.51. The molecule has 0 aliphatic rings. The molecule has 0 heterocycles. The highest BCUT2D eigenvalue weighted by Gasteiger charge is 2.13. The minimum atomic E-state index is -0.665. The van der Waals surface area contributed by atoms with Gasteiger partial charge in [0.15, 0.2) is 0 Å². The normalized spacial score (nSPS) is 11.9. The maximum absolute atomic E-state index is 13.4. The Hall–Kier alpha value is -1.75. The van der Waals surface area contributed by atoms with Crippen LogP contribution in [0.2, 0.25) is 0 Å². The van der Waals surface area contributed by atoms with Crippen LogP contribution >= 0.6 is 0 Å². The van der Waals surface area contributed by atoms with E-state index in [9.17, 15) is 13.6 Å². The minimum absolute atomic E-state index is 0.124. The van der Waals surface area contributed by atoms with Gasteiger partial charge in [-0.05, 0) is 13.0 Å². The first-order valence-corrected chi connectivity index (χ1v) is 5.60. The van der Waals surface area contributed by atoms with Crippen LogP contribution in [0.5, 0.6) is 0 Å². The summed E-state index contributed by atoms with van der Waals surface area (Å²) in [5, 5.41) is 5.45. The van der Waals surface area contributed by atoms with Gasteiger partial charge in [-0.25, -0.2) is 8.78 Å². The lowest BCUT2D eigenvalue weighted by molar-refractivity contribution is -0.120. The second-order valence-electron chi connectivity index (χ2n) is 3.87. The van der Waals surface area contributed by atoms with Gasteiger partial charge < -0.3 is 10.6 Å². The quantitative estimate of drug-likeness (QED) is 0.601. The highest BCUT2D eigenvalue weighted by atomic mass is 19.1. The third-order valence-electron chi connectivity index (χ3n) is 2.38. The van der Waals surface area contributed by atoms with Crippen molar-refractivity contribution in [2.75, 3.05) is 13.1 Å². The van der Waals surface area contributed by atoms with Crippen LogP contribution in [0.1, 0.15) is 18.5 Å². The van der Waals surface area contributed by atoms with Crippen LogP contribution in [0.15, 0.2) is 30.9 Å². The van der Waals surface area contributed by atoms with Crippen molar-refractivity contribution < 1.29 is 13.6 Å². The summed E-state index contributed by atoms with van der Waals surface area (Å²) in [5.41, 5.74) is 0.258. The number of amides is 1. The molecule has 3 nitrogen and oxygen atoms in total. The van der Waals surface area contributed by atoms with E-state index >= 15 is 0 Å². The van der Waals surface area contributed by atoms with Gasteiger partial charge >= 0.3 is 0 Å². The summed E-state index contributed by atoms with van der Waals surface area (Å²) >= 11 is 0. The van der Waals surface area contributed by atoms with Gasteiger partial charge in [-0.3, -0.25) is 4.79 Å². The summed E-state index contributed by atoms with van der Waals surface area (Å²) in [4.78, 5) is 11.5. The van der Waals surface area contributed by atoms with E-state index in [2.05, 4.69) is 17.2 Å². The van der Waals surface area contributed by atoms with Gasteiger partial charge in [-0.2, -0.15) is 0 Å². The zero-order valence-corrected chi connectivity index (χ0v) is 10.2. The van der Waals surface area contributed by atoms with Crippen molar-refractivity contribution in [3.8, 4) is 0 Å². The van der Waals surface area contributed by atoms with Gasteiger partial charge in [0.1, 0.15) is 11.6 Å². The van der Waals surface area contributed by atoms with Gasteiger partial charge in [0.2, 0.25) is 5.91 Å². The Kier molecular flexibility index (Phi) is 5.45. The summed E-state index contributed by atoms with van der Waals surface area (Å²) < 4.78 is 26.2. The van der Waals surface area contributed by atoms with Crippen LogP contribution < -0.4 is 10.6 Å². The summed E-state index contributed by atoms with van der Waals surface area (Å²) in [6, 6.07) is 2.78. The molecule has 0 saturated heterocycles. The molecule has 98 valence electrons. The average molecular weight is 254 g/mol. The minimum Gasteiger partial charge on any atom is -0.348 e. The molecule has 5 heteroatoms. The zero-order valence-electron chi connectivity index (χ0n) is 10.2. The molecule has 2 N–H and O–H groups in total. The second kappa shape index (κ2) is 6.86. The van der Waals surface area contributed by atoms with E-state index in [1.807, 2.05) is 0 Å². The molecule has 0 fully saturated rings. The smallest absolute Gasteiger partial charge is 0.234 e. The van der Waals surface area contributed by atoms with Gasteiger partial charge in [-0.1, -0.05) is 12.1 Å². The van der Waals surface area contributed by atoms with Crippen molar-refractivity contribution in [2.24, 2.45) is 0 Å². The maximum Gasteiger partial charge on any atom is 0.234 e. The number of hydrogen-bond donors (Lipinski definition) is 2. The van der Waals surface area contributed by atoms with E-state index in [4.69, 9.17) is 0 Å². The molecule has 1 rings (SSSR count). The molecule has 1 aromatic rings. The summed E-state index contributed by atoms with van der Waals surface area (Å²) in [6.07, 6.45) is 1.64. The molecule has 0 radical (unpaired) electrons. The number of carbonyl (C=O) groups is 1. The first-order chi connectivity index (χ1) is 8.54. The molecular formula is C13H16F2N2O. The SMILES string of the molecule is C=CCNCC(=O)NC(C)c1ccc(F)cc1F. The Morgan fingerprint density at radius 1 is 1.50 bits per heavy atom. The van der Waals surface area contributed by atoms with Crippen molar-refractivity contribution in [3.63, 3.8) is 0 Å². The molecule has 1 atom stereocenters. The number of carbonyl (C=O) groups excluding carboxylic acids is 1. The molecule has 1 aromatic carbocycles. The Labute approximate surface area is 105 Å². The molecule has 0 aromatic heterocycles. The lowest BCUT2D eigenvalue weighted by Crippen LogP contribution is -2.35. The number of halogens is 2. The fraction of sp³-hybridized carbons (Fsp3) is 0.308. The highest BCUT2D eigenvalue weighted by molar-refractivity contribution is 5.78. The first kappa shape index (κ1) is 14.3. The highest BCUT2D eigenvalue weighted by Crippen LogP contribution is 2.17. The molecule has 0 aliphatic carbocycles. The fourth-order valence-electron chi connectivity index (χ4n) is 1.51. The van der Waals surface area contributed by atoms with E-state index in [0.29, 0.717) is 6.54 Å². The first-order valence-electron chi connectivity index (χ1n) is 5.60. The monoisotopic (exact) mass is 254 g/mol. The third kappa shape index (κ3) is 4.25. The number of hydrogen-bond acceptors (Lipinski definition) is 2. The van der Waals surface area contributed by atoms with E-state index in [1.165, 1.54) is 6.07 Å². The molecule has 0 aliphatic heterocycles. The van der Waals surface area contributed by atoms with Crippen LogP contribution in [0.25, 0.3) is 0 Å². The number of rotatable bonds is 6.